The smallest absolute Gasteiger partial charge is 0.191 e. The van der Waals surface area contributed by atoms with E-state index in [0.717, 1.165) is 58.3 Å². The molecule has 1 aliphatic rings. The number of hydrogen-bond donors (Lipinski definition) is 2. The Labute approximate surface area is 184 Å². The van der Waals surface area contributed by atoms with E-state index in [-0.39, 0.29) is 0 Å². The van der Waals surface area contributed by atoms with Crippen LogP contribution in [-0.2, 0) is 17.8 Å². The van der Waals surface area contributed by atoms with Gasteiger partial charge in [0.05, 0.1) is 6.54 Å². The van der Waals surface area contributed by atoms with Gasteiger partial charge in [-0.2, -0.15) is 0 Å². The Morgan fingerprint density at radius 3 is 2.57 bits per heavy atom. The summed E-state index contributed by atoms with van der Waals surface area (Å²) in [6, 6.07) is 8.94. The maximum absolute atomic E-state index is 5.64. The van der Waals surface area contributed by atoms with Gasteiger partial charge in [-0.05, 0) is 56.9 Å². The number of nitrogens with zero attached hydrogens (tertiary/aromatic N) is 3. The van der Waals surface area contributed by atoms with Gasteiger partial charge in [0.1, 0.15) is 0 Å². The Morgan fingerprint density at radius 1 is 1.07 bits per heavy atom. The first-order chi connectivity index (χ1) is 14.6. The molecule has 1 heterocycles. The number of hydrogen-bond acceptors (Lipinski definition) is 4. The lowest BCUT2D eigenvalue weighted by Gasteiger charge is -2.20. The third-order valence-electron chi connectivity index (χ3n) is 5.21. The average molecular weight is 418 g/mol. The normalized spacial score (nSPS) is 16.6. The standard InChI is InChI=1S/C24H43N5O/c1-5-25-24(26-12-6-17-30-20-21(2)3)27-18-22-8-10-23(11-9-22)19-29-14-7-13-28(4)15-16-29/h8-11,21H,5-7,12-20H2,1-4H3,(H2,25,26,27). The Balaban J connectivity index is 1.75. The molecule has 1 saturated heterocycles. The molecule has 0 aliphatic carbocycles. The molecule has 6 heteroatoms. The van der Waals surface area contributed by atoms with E-state index < -0.39 is 0 Å². The number of benzene rings is 1. The van der Waals surface area contributed by atoms with Crippen molar-refractivity contribution in [1.82, 2.24) is 20.4 Å². The van der Waals surface area contributed by atoms with Gasteiger partial charge in [-0.3, -0.25) is 4.90 Å². The molecule has 6 nitrogen and oxygen atoms in total. The number of likely N-dealkylation sites (N-methyl/N-ethyl adjacent to an activating group) is 1. The van der Waals surface area contributed by atoms with Crippen molar-refractivity contribution >= 4 is 5.96 Å². The third-order valence-corrected chi connectivity index (χ3v) is 5.21. The molecule has 0 spiro atoms. The highest BCUT2D eigenvalue weighted by molar-refractivity contribution is 5.79. The summed E-state index contributed by atoms with van der Waals surface area (Å²) in [5.74, 6) is 1.47. The van der Waals surface area contributed by atoms with Crippen molar-refractivity contribution in [2.24, 2.45) is 10.9 Å². The lowest BCUT2D eigenvalue weighted by atomic mass is 10.1. The van der Waals surface area contributed by atoms with Crippen molar-refractivity contribution in [1.29, 1.82) is 0 Å². The monoisotopic (exact) mass is 417 g/mol. The van der Waals surface area contributed by atoms with E-state index in [2.05, 4.69) is 72.5 Å². The topological polar surface area (TPSA) is 52.1 Å². The second-order valence-electron chi connectivity index (χ2n) is 8.69. The minimum atomic E-state index is 0.592. The zero-order valence-corrected chi connectivity index (χ0v) is 19.6. The molecule has 2 rings (SSSR count). The minimum Gasteiger partial charge on any atom is -0.381 e. The van der Waals surface area contributed by atoms with Crippen LogP contribution in [0.3, 0.4) is 0 Å². The summed E-state index contributed by atoms with van der Waals surface area (Å²) < 4.78 is 5.64. The fourth-order valence-corrected chi connectivity index (χ4v) is 3.48. The quantitative estimate of drug-likeness (QED) is 0.329. The Bertz CT molecular complexity index is 602. The number of ether oxygens (including phenoxy) is 1. The first kappa shape index (κ1) is 24.6. The van der Waals surface area contributed by atoms with E-state index in [1.54, 1.807) is 0 Å². The van der Waals surface area contributed by atoms with Gasteiger partial charge in [0, 0.05) is 45.9 Å². The van der Waals surface area contributed by atoms with Gasteiger partial charge < -0.3 is 20.3 Å². The highest BCUT2D eigenvalue weighted by Gasteiger charge is 2.12. The van der Waals surface area contributed by atoms with Gasteiger partial charge >= 0.3 is 0 Å². The van der Waals surface area contributed by atoms with Crippen LogP contribution < -0.4 is 10.6 Å². The van der Waals surface area contributed by atoms with Crippen molar-refractivity contribution in [2.75, 3.05) is 59.5 Å². The number of rotatable bonds is 11. The molecular weight excluding hydrogens is 374 g/mol. The lowest BCUT2D eigenvalue weighted by Crippen LogP contribution is -2.38. The highest BCUT2D eigenvalue weighted by atomic mass is 16.5. The van der Waals surface area contributed by atoms with E-state index in [4.69, 9.17) is 9.73 Å². The summed E-state index contributed by atoms with van der Waals surface area (Å²) >= 11 is 0. The van der Waals surface area contributed by atoms with Crippen LogP contribution in [0.1, 0.15) is 44.7 Å². The second kappa shape index (κ2) is 14.4. The van der Waals surface area contributed by atoms with Crippen LogP contribution in [0.4, 0.5) is 0 Å². The summed E-state index contributed by atoms with van der Waals surface area (Å²) in [4.78, 5) is 9.72. The average Bonchev–Trinajstić information content (AvgIpc) is 2.93. The predicted octanol–water partition coefficient (Wildman–Crippen LogP) is 2.94. The number of guanidine groups is 1. The van der Waals surface area contributed by atoms with Gasteiger partial charge in [0.25, 0.3) is 0 Å². The van der Waals surface area contributed by atoms with E-state index >= 15 is 0 Å². The molecule has 170 valence electrons. The summed E-state index contributed by atoms with van der Waals surface area (Å²) in [5, 5.41) is 6.73. The summed E-state index contributed by atoms with van der Waals surface area (Å²) in [6.07, 6.45) is 2.24. The molecule has 0 saturated carbocycles. The first-order valence-electron chi connectivity index (χ1n) is 11.7. The largest absolute Gasteiger partial charge is 0.381 e. The summed E-state index contributed by atoms with van der Waals surface area (Å²) in [5.41, 5.74) is 2.63. The number of aliphatic imine (C=N–C) groups is 1. The highest BCUT2D eigenvalue weighted by Crippen LogP contribution is 2.11. The minimum absolute atomic E-state index is 0.592. The van der Waals surface area contributed by atoms with Crippen LogP contribution >= 0.6 is 0 Å². The SMILES string of the molecule is CCNC(=NCc1ccc(CN2CCCN(C)CC2)cc1)NCCCOCC(C)C. The Kier molecular flexibility index (Phi) is 11.8. The first-order valence-corrected chi connectivity index (χ1v) is 11.7. The van der Waals surface area contributed by atoms with Crippen molar-refractivity contribution < 1.29 is 4.74 Å². The maximum Gasteiger partial charge on any atom is 0.191 e. The van der Waals surface area contributed by atoms with Gasteiger partial charge in [-0.15, -0.1) is 0 Å². The molecule has 2 N–H and O–H groups in total. The van der Waals surface area contributed by atoms with Crippen molar-refractivity contribution in [3.8, 4) is 0 Å². The van der Waals surface area contributed by atoms with Crippen LogP contribution in [0, 0.1) is 5.92 Å². The number of nitrogens with one attached hydrogen (secondary N) is 2. The molecule has 0 unspecified atom stereocenters. The van der Waals surface area contributed by atoms with E-state index in [0.29, 0.717) is 12.5 Å². The molecular formula is C24H43N5O. The molecule has 0 amide bonds. The predicted molar refractivity (Wildman–Crippen MR) is 127 cm³/mol. The van der Waals surface area contributed by atoms with Gasteiger partial charge in [-0.25, -0.2) is 4.99 Å². The van der Waals surface area contributed by atoms with Gasteiger partial charge in [0.15, 0.2) is 5.96 Å². The maximum atomic E-state index is 5.64. The lowest BCUT2D eigenvalue weighted by molar-refractivity contribution is 0.108. The van der Waals surface area contributed by atoms with Crippen LogP contribution in [0.5, 0.6) is 0 Å². The molecule has 30 heavy (non-hydrogen) atoms. The summed E-state index contributed by atoms with van der Waals surface area (Å²) in [7, 11) is 2.22. The van der Waals surface area contributed by atoms with Crippen LogP contribution in [0.15, 0.2) is 29.3 Å². The van der Waals surface area contributed by atoms with E-state index in [1.165, 1.54) is 30.6 Å². The van der Waals surface area contributed by atoms with Crippen molar-refractivity contribution in [3.63, 3.8) is 0 Å². The Morgan fingerprint density at radius 2 is 1.83 bits per heavy atom. The summed E-state index contributed by atoms with van der Waals surface area (Å²) in [6.45, 7) is 16.2. The second-order valence-corrected chi connectivity index (χ2v) is 8.69. The van der Waals surface area contributed by atoms with Crippen molar-refractivity contribution in [3.05, 3.63) is 35.4 Å². The van der Waals surface area contributed by atoms with E-state index in [1.807, 2.05) is 0 Å². The van der Waals surface area contributed by atoms with Crippen molar-refractivity contribution in [2.45, 2.75) is 46.7 Å². The zero-order valence-electron chi connectivity index (χ0n) is 19.6. The van der Waals surface area contributed by atoms with Gasteiger partial charge in [0.2, 0.25) is 0 Å². The molecule has 0 bridgehead atoms. The fourth-order valence-electron chi connectivity index (χ4n) is 3.48. The fraction of sp³-hybridized carbons (Fsp3) is 0.708. The molecule has 0 atom stereocenters. The zero-order chi connectivity index (χ0) is 21.6. The molecule has 0 aromatic heterocycles. The molecule has 1 aromatic rings. The van der Waals surface area contributed by atoms with E-state index in [9.17, 15) is 0 Å². The van der Waals surface area contributed by atoms with Gasteiger partial charge in [-0.1, -0.05) is 38.1 Å². The van der Waals surface area contributed by atoms with Crippen LogP contribution in [-0.4, -0.2) is 75.3 Å². The molecule has 1 aromatic carbocycles. The molecule has 1 fully saturated rings. The van der Waals surface area contributed by atoms with Crippen LogP contribution in [0.25, 0.3) is 0 Å². The third kappa shape index (κ3) is 10.4. The Hall–Kier alpha value is -1.63. The molecule has 0 radical (unpaired) electrons. The molecule has 1 aliphatic heterocycles. The van der Waals surface area contributed by atoms with Crippen LogP contribution in [0.2, 0.25) is 0 Å².